The SMILES string of the molecule is CCc1cc(COC2CCN(C)C2)ccc1C.CN1CCC(n2cc(-c3cnc(N)c(C(N)=O)c3)cn2)CC1. The van der Waals surface area contributed by atoms with Crippen molar-refractivity contribution < 1.29 is 9.53 Å². The number of likely N-dealkylation sites (N-methyl/N-ethyl adjacent to an activating group) is 1. The second-order valence-electron chi connectivity index (χ2n) is 10.9. The van der Waals surface area contributed by atoms with E-state index >= 15 is 0 Å². The summed E-state index contributed by atoms with van der Waals surface area (Å²) in [5.41, 5.74) is 17.1. The van der Waals surface area contributed by atoms with Crippen molar-refractivity contribution in [2.45, 2.75) is 58.3 Å². The van der Waals surface area contributed by atoms with Crippen molar-refractivity contribution >= 4 is 11.7 Å². The molecule has 0 radical (unpaired) electrons. The highest BCUT2D eigenvalue weighted by atomic mass is 16.5. The summed E-state index contributed by atoms with van der Waals surface area (Å²) in [6.07, 6.45) is 10.3. The van der Waals surface area contributed by atoms with Gasteiger partial charge in [0.2, 0.25) is 0 Å². The topological polar surface area (TPSA) is 116 Å². The maximum absolute atomic E-state index is 11.4. The summed E-state index contributed by atoms with van der Waals surface area (Å²) in [6.45, 7) is 9.54. The van der Waals surface area contributed by atoms with Crippen LogP contribution >= 0.6 is 0 Å². The lowest BCUT2D eigenvalue weighted by molar-refractivity contribution is 0.0483. The molecule has 2 saturated heterocycles. The Morgan fingerprint density at radius 1 is 1.05 bits per heavy atom. The minimum absolute atomic E-state index is 0.152. The molecule has 1 aromatic carbocycles. The van der Waals surface area contributed by atoms with E-state index in [-0.39, 0.29) is 11.4 Å². The van der Waals surface area contributed by atoms with Gasteiger partial charge in [-0.25, -0.2) is 4.98 Å². The monoisotopic (exact) mass is 533 g/mol. The van der Waals surface area contributed by atoms with Crippen LogP contribution in [0.15, 0.2) is 42.9 Å². The van der Waals surface area contributed by atoms with Crippen LogP contribution in [0.5, 0.6) is 0 Å². The molecule has 210 valence electrons. The lowest BCUT2D eigenvalue weighted by Crippen LogP contribution is -2.31. The smallest absolute Gasteiger partial charge is 0.252 e. The molecule has 0 bridgehead atoms. The van der Waals surface area contributed by atoms with Crippen LogP contribution in [0.1, 0.15) is 59.3 Å². The molecule has 4 N–H and O–H groups in total. The van der Waals surface area contributed by atoms with Gasteiger partial charge in [-0.1, -0.05) is 25.1 Å². The van der Waals surface area contributed by atoms with Crippen LogP contribution in [-0.2, 0) is 17.8 Å². The van der Waals surface area contributed by atoms with Gasteiger partial charge in [-0.15, -0.1) is 0 Å². The lowest BCUT2D eigenvalue weighted by atomic mass is 10.0. The second kappa shape index (κ2) is 13.2. The summed E-state index contributed by atoms with van der Waals surface area (Å²) in [7, 11) is 4.29. The van der Waals surface area contributed by atoms with Gasteiger partial charge in [0.1, 0.15) is 5.82 Å². The predicted octanol–water partition coefficient (Wildman–Crippen LogP) is 3.67. The molecule has 4 heterocycles. The van der Waals surface area contributed by atoms with Crippen LogP contribution in [-0.4, -0.2) is 76.8 Å². The van der Waals surface area contributed by atoms with Gasteiger partial charge in [-0.05, 0) is 82.5 Å². The highest BCUT2D eigenvalue weighted by Gasteiger charge is 2.20. The fourth-order valence-corrected chi connectivity index (χ4v) is 5.22. The Hall–Kier alpha value is -3.27. The lowest BCUT2D eigenvalue weighted by Gasteiger charge is -2.28. The molecule has 2 aromatic heterocycles. The molecule has 39 heavy (non-hydrogen) atoms. The number of amides is 1. The van der Waals surface area contributed by atoms with Crippen LogP contribution in [0.2, 0.25) is 0 Å². The number of likely N-dealkylation sites (tertiary alicyclic amines) is 2. The maximum Gasteiger partial charge on any atom is 0.252 e. The van der Waals surface area contributed by atoms with Gasteiger partial charge in [0.05, 0.1) is 30.5 Å². The number of piperidine rings is 1. The van der Waals surface area contributed by atoms with Gasteiger partial charge < -0.3 is 26.0 Å². The Morgan fingerprint density at radius 2 is 1.79 bits per heavy atom. The number of nitrogens with zero attached hydrogens (tertiary/aromatic N) is 5. The molecule has 5 rings (SSSR count). The van der Waals surface area contributed by atoms with E-state index < -0.39 is 5.91 Å². The molecule has 2 aliphatic rings. The molecule has 0 saturated carbocycles. The van der Waals surface area contributed by atoms with Gasteiger partial charge in [0.15, 0.2) is 0 Å². The number of nitrogens with two attached hydrogens (primary N) is 2. The van der Waals surface area contributed by atoms with Crippen LogP contribution in [0, 0.1) is 6.92 Å². The molecule has 3 aromatic rings. The molecule has 2 fully saturated rings. The van der Waals surface area contributed by atoms with Crippen LogP contribution < -0.4 is 11.5 Å². The number of anilines is 1. The summed E-state index contributed by atoms with van der Waals surface area (Å²) in [5, 5.41) is 4.46. The number of primary amides is 1. The first-order valence-corrected chi connectivity index (χ1v) is 13.9. The third kappa shape index (κ3) is 7.65. The van der Waals surface area contributed by atoms with E-state index in [0.717, 1.165) is 56.6 Å². The molecule has 9 heteroatoms. The minimum atomic E-state index is -0.574. The Bertz CT molecular complexity index is 1250. The van der Waals surface area contributed by atoms with E-state index in [2.05, 4.69) is 66.0 Å². The van der Waals surface area contributed by atoms with Gasteiger partial charge >= 0.3 is 0 Å². The highest BCUT2D eigenvalue weighted by molar-refractivity contribution is 5.98. The first kappa shape index (κ1) is 28.7. The largest absolute Gasteiger partial charge is 0.383 e. The third-order valence-electron chi connectivity index (χ3n) is 7.81. The predicted molar refractivity (Wildman–Crippen MR) is 155 cm³/mol. The molecular weight excluding hydrogens is 490 g/mol. The number of ether oxygens (including phenoxy) is 1. The maximum atomic E-state index is 11.4. The standard InChI is InChI=1S/C15H20N6O.C15H23NO/c1-20-4-2-12(3-5-20)21-9-11(8-19-21)10-6-13(15(17)22)14(16)18-7-10;1-4-14-9-13(6-5-12(14)2)11-17-15-7-8-16(3)10-15/h6-9,12H,2-5H2,1H3,(H2,16,18)(H2,17,22);5-6,9,15H,4,7-8,10-11H2,1-3H3. The van der Waals surface area contributed by atoms with Crippen molar-refractivity contribution in [3.63, 3.8) is 0 Å². The first-order valence-electron chi connectivity index (χ1n) is 13.9. The van der Waals surface area contributed by atoms with Crippen LogP contribution in [0.3, 0.4) is 0 Å². The average Bonchev–Trinajstić information content (AvgIpc) is 3.58. The number of aryl methyl sites for hydroxylation is 2. The third-order valence-corrected chi connectivity index (χ3v) is 7.81. The van der Waals surface area contributed by atoms with E-state index in [1.165, 1.54) is 29.7 Å². The Labute approximate surface area is 232 Å². The fourth-order valence-electron chi connectivity index (χ4n) is 5.22. The summed E-state index contributed by atoms with van der Waals surface area (Å²) in [5.74, 6) is -0.423. The summed E-state index contributed by atoms with van der Waals surface area (Å²) >= 11 is 0. The molecule has 1 unspecified atom stereocenters. The zero-order valence-electron chi connectivity index (χ0n) is 23.8. The Kier molecular flexibility index (Phi) is 9.72. The molecule has 0 aliphatic carbocycles. The Balaban J connectivity index is 0.000000187. The average molecular weight is 534 g/mol. The molecule has 9 nitrogen and oxygen atoms in total. The van der Waals surface area contributed by atoms with E-state index in [0.29, 0.717) is 12.1 Å². The summed E-state index contributed by atoms with van der Waals surface area (Å²) < 4.78 is 7.96. The number of rotatable bonds is 7. The van der Waals surface area contributed by atoms with Crippen LogP contribution in [0.4, 0.5) is 5.82 Å². The van der Waals surface area contributed by atoms with E-state index in [1.54, 1.807) is 18.5 Å². The highest BCUT2D eigenvalue weighted by Crippen LogP contribution is 2.26. The molecular formula is C30H43N7O2. The number of nitrogen functional groups attached to an aromatic ring is 1. The number of carbonyl (C=O) groups is 1. The van der Waals surface area contributed by atoms with Gasteiger partial charge in [-0.2, -0.15) is 5.10 Å². The number of pyridine rings is 1. The van der Waals surface area contributed by atoms with Crippen molar-refractivity contribution in [3.05, 3.63) is 65.1 Å². The quantitative estimate of drug-likeness (QED) is 0.476. The first-order chi connectivity index (χ1) is 18.7. The zero-order chi connectivity index (χ0) is 27.9. The number of hydrogen-bond acceptors (Lipinski definition) is 7. The number of benzene rings is 1. The van der Waals surface area contributed by atoms with Crippen molar-refractivity contribution in [1.82, 2.24) is 24.6 Å². The van der Waals surface area contributed by atoms with Crippen LogP contribution in [0.25, 0.3) is 11.1 Å². The minimum Gasteiger partial charge on any atom is -0.383 e. The van der Waals surface area contributed by atoms with Gasteiger partial charge in [0, 0.05) is 36.6 Å². The van der Waals surface area contributed by atoms with E-state index in [4.69, 9.17) is 16.2 Å². The van der Waals surface area contributed by atoms with E-state index in [1.807, 2.05) is 10.9 Å². The molecule has 2 aliphatic heterocycles. The number of aromatic nitrogens is 3. The van der Waals surface area contributed by atoms with Gasteiger partial charge in [0.25, 0.3) is 5.91 Å². The normalized spacial score (nSPS) is 18.6. The van der Waals surface area contributed by atoms with E-state index in [9.17, 15) is 4.79 Å². The van der Waals surface area contributed by atoms with Crippen molar-refractivity contribution in [2.75, 3.05) is 46.0 Å². The molecule has 1 atom stereocenters. The molecule has 1 amide bonds. The zero-order valence-corrected chi connectivity index (χ0v) is 23.8. The second-order valence-corrected chi connectivity index (χ2v) is 10.9. The summed E-state index contributed by atoms with van der Waals surface area (Å²) in [6, 6.07) is 8.77. The fraction of sp³-hybridized carbons (Fsp3) is 0.500. The Morgan fingerprint density at radius 3 is 2.46 bits per heavy atom. The molecule has 0 spiro atoms. The van der Waals surface area contributed by atoms with Crippen molar-refractivity contribution in [2.24, 2.45) is 5.73 Å². The number of hydrogen-bond donors (Lipinski definition) is 2. The number of carbonyl (C=O) groups excluding carboxylic acids is 1. The van der Waals surface area contributed by atoms with Gasteiger partial charge in [-0.3, -0.25) is 9.48 Å². The van der Waals surface area contributed by atoms with Crippen molar-refractivity contribution in [3.8, 4) is 11.1 Å². The summed E-state index contributed by atoms with van der Waals surface area (Å²) in [4.78, 5) is 20.1. The van der Waals surface area contributed by atoms with Crippen molar-refractivity contribution in [1.29, 1.82) is 0 Å².